The van der Waals surface area contributed by atoms with E-state index in [0.717, 1.165) is 18.2 Å². The Morgan fingerprint density at radius 3 is 2.31 bits per heavy atom. The van der Waals surface area contributed by atoms with E-state index in [0.29, 0.717) is 5.02 Å². The Labute approximate surface area is 150 Å². The molecule has 26 heavy (non-hydrogen) atoms. The number of H-pyrrole nitrogens is 1. The summed E-state index contributed by atoms with van der Waals surface area (Å²) in [6.07, 6.45) is -5.29. The minimum absolute atomic E-state index is 0.0151. The third-order valence-electron chi connectivity index (χ3n) is 3.89. The Bertz CT molecular complexity index is 1010. The molecule has 0 aliphatic carbocycles. The van der Waals surface area contributed by atoms with Crippen LogP contribution in [0.5, 0.6) is 0 Å². The van der Waals surface area contributed by atoms with Crippen molar-refractivity contribution in [2.45, 2.75) is 12.6 Å². The topological polar surface area (TPSA) is 73.0 Å². The summed E-state index contributed by atoms with van der Waals surface area (Å²) in [5.74, 6) is -2.06. The average molecular weight is 381 g/mol. The number of aliphatic carboxylic acids is 1. The van der Waals surface area contributed by atoms with Gasteiger partial charge in [-0.25, -0.2) is 0 Å². The molecule has 0 amide bonds. The second-order valence-electron chi connectivity index (χ2n) is 5.62. The zero-order valence-electron chi connectivity index (χ0n) is 13.0. The first-order chi connectivity index (χ1) is 12.2. The molecule has 0 bridgehead atoms. The van der Waals surface area contributed by atoms with Crippen LogP contribution in [0.15, 0.2) is 42.5 Å². The molecule has 0 aliphatic heterocycles. The molecule has 1 aromatic heterocycles. The fourth-order valence-corrected chi connectivity index (χ4v) is 2.82. The van der Waals surface area contributed by atoms with Gasteiger partial charge < -0.3 is 14.9 Å². The van der Waals surface area contributed by atoms with Crippen LogP contribution in [0.25, 0.3) is 10.9 Å². The van der Waals surface area contributed by atoms with Crippen molar-refractivity contribution in [1.29, 1.82) is 0 Å². The van der Waals surface area contributed by atoms with Gasteiger partial charge in [-0.05, 0) is 48.0 Å². The number of alkyl halides is 3. The Morgan fingerprint density at radius 2 is 1.73 bits per heavy atom. The number of ketones is 1. The number of carbonyl (C=O) groups is 2. The lowest BCUT2D eigenvalue weighted by atomic mass is 10.0. The van der Waals surface area contributed by atoms with Gasteiger partial charge in [0.15, 0.2) is 0 Å². The van der Waals surface area contributed by atoms with Crippen LogP contribution >= 0.6 is 11.6 Å². The van der Waals surface area contributed by atoms with Gasteiger partial charge in [0.05, 0.1) is 11.3 Å². The number of carbonyl (C=O) groups excluding carboxylic acids is 2. The highest BCUT2D eigenvalue weighted by Crippen LogP contribution is 2.34. The van der Waals surface area contributed by atoms with Gasteiger partial charge >= 0.3 is 6.18 Å². The number of nitrogens with one attached hydrogen (secondary N) is 1. The molecule has 0 fully saturated rings. The summed E-state index contributed by atoms with van der Waals surface area (Å²) in [4.78, 5) is 26.5. The standard InChI is InChI=1S/C18H11ClF3NO3/c19-11-4-1-9(2-5-11)17(26)16-13(8-15(24)25)12-7-10(18(20,21)22)3-6-14(12)23-16/h1-7,23H,8H2,(H,24,25)/p-1. The van der Waals surface area contributed by atoms with E-state index < -0.39 is 29.9 Å². The van der Waals surface area contributed by atoms with E-state index in [4.69, 9.17) is 11.6 Å². The van der Waals surface area contributed by atoms with E-state index in [2.05, 4.69) is 4.98 Å². The van der Waals surface area contributed by atoms with Gasteiger partial charge in [0, 0.05) is 33.9 Å². The first kappa shape index (κ1) is 18.0. The normalized spacial score (nSPS) is 11.7. The van der Waals surface area contributed by atoms with Crippen molar-refractivity contribution in [2.75, 3.05) is 0 Å². The minimum atomic E-state index is -4.59. The fraction of sp³-hybridized carbons (Fsp3) is 0.111. The lowest BCUT2D eigenvalue weighted by Crippen LogP contribution is -2.25. The second-order valence-corrected chi connectivity index (χ2v) is 6.06. The Balaban J connectivity index is 2.19. The average Bonchev–Trinajstić information content (AvgIpc) is 2.91. The monoisotopic (exact) mass is 380 g/mol. The smallest absolute Gasteiger partial charge is 0.416 e. The molecule has 0 atom stereocenters. The van der Waals surface area contributed by atoms with E-state index in [1.807, 2.05) is 0 Å². The molecule has 0 saturated heterocycles. The Kier molecular flexibility index (Phi) is 4.50. The van der Waals surface area contributed by atoms with Gasteiger partial charge in [-0.1, -0.05) is 11.6 Å². The maximum Gasteiger partial charge on any atom is 0.416 e. The third kappa shape index (κ3) is 3.43. The number of aromatic nitrogens is 1. The second kappa shape index (κ2) is 6.49. The predicted octanol–water partition coefficient (Wildman–Crippen LogP) is 3.36. The number of carboxylic acids is 1. The van der Waals surface area contributed by atoms with Crippen molar-refractivity contribution in [1.82, 2.24) is 4.98 Å². The summed E-state index contributed by atoms with van der Waals surface area (Å²) in [5.41, 5.74) is -0.630. The van der Waals surface area contributed by atoms with Crippen LogP contribution in [0.1, 0.15) is 27.2 Å². The SMILES string of the molecule is O=C([O-])Cc1c(C(=O)c2ccc(Cl)cc2)[nH]c2ccc(C(F)(F)F)cc12. The number of hydrogen-bond donors (Lipinski definition) is 1. The summed E-state index contributed by atoms with van der Waals surface area (Å²) >= 11 is 5.78. The molecule has 4 nitrogen and oxygen atoms in total. The summed E-state index contributed by atoms with van der Waals surface area (Å²) < 4.78 is 38.9. The maximum atomic E-state index is 13.0. The number of hydrogen-bond acceptors (Lipinski definition) is 3. The molecule has 3 aromatic rings. The fourth-order valence-electron chi connectivity index (χ4n) is 2.69. The van der Waals surface area contributed by atoms with Crippen molar-refractivity contribution in [3.05, 3.63) is 69.9 Å². The molecule has 1 heterocycles. The minimum Gasteiger partial charge on any atom is -0.550 e. The predicted molar refractivity (Wildman–Crippen MR) is 86.9 cm³/mol. The zero-order chi connectivity index (χ0) is 19.1. The van der Waals surface area contributed by atoms with Crippen LogP contribution in [0.2, 0.25) is 5.02 Å². The molecule has 134 valence electrons. The highest BCUT2D eigenvalue weighted by Gasteiger charge is 2.31. The van der Waals surface area contributed by atoms with Gasteiger partial charge in [-0.3, -0.25) is 4.79 Å². The number of carboxylic acid groups (broad SMARTS) is 1. The van der Waals surface area contributed by atoms with E-state index in [9.17, 15) is 27.9 Å². The summed E-state index contributed by atoms with van der Waals surface area (Å²) in [5, 5.41) is 11.5. The molecule has 1 N–H and O–H groups in total. The van der Waals surface area contributed by atoms with E-state index in [-0.39, 0.29) is 27.7 Å². The van der Waals surface area contributed by atoms with Gasteiger partial charge in [-0.2, -0.15) is 13.2 Å². The molecule has 3 rings (SSSR count). The van der Waals surface area contributed by atoms with Gasteiger partial charge in [0.2, 0.25) is 5.78 Å². The van der Waals surface area contributed by atoms with Gasteiger partial charge in [0.25, 0.3) is 0 Å². The van der Waals surface area contributed by atoms with Crippen molar-refractivity contribution in [3.63, 3.8) is 0 Å². The number of halogens is 4. The molecular weight excluding hydrogens is 371 g/mol. The zero-order valence-corrected chi connectivity index (χ0v) is 13.7. The molecular formula is C18H10ClF3NO3-. The molecule has 0 spiro atoms. The van der Waals surface area contributed by atoms with Crippen LogP contribution in [0.4, 0.5) is 13.2 Å². The van der Waals surface area contributed by atoms with Crippen LogP contribution in [-0.2, 0) is 17.4 Å². The molecule has 0 unspecified atom stereocenters. The van der Waals surface area contributed by atoms with Crippen LogP contribution < -0.4 is 5.11 Å². The molecule has 0 aliphatic rings. The van der Waals surface area contributed by atoms with Crippen molar-refractivity contribution < 1.29 is 27.9 Å². The van der Waals surface area contributed by atoms with E-state index in [1.165, 1.54) is 24.3 Å². The summed E-state index contributed by atoms with van der Waals surface area (Å²) in [7, 11) is 0. The van der Waals surface area contributed by atoms with Gasteiger partial charge in [-0.15, -0.1) is 0 Å². The summed E-state index contributed by atoms with van der Waals surface area (Å²) in [6.45, 7) is 0. The van der Waals surface area contributed by atoms with Gasteiger partial charge in [0.1, 0.15) is 0 Å². The molecule has 8 heteroatoms. The summed E-state index contributed by atoms with van der Waals surface area (Å²) in [6, 6.07) is 8.70. The highest BCUT2D eigenvalue weighted by molar-refractivity contribution is 6.30. The lowest BCUT2D eigenvalue weighted by molar-refractivity contribution is -0.304. The van der Waals surface area contributed by atoms with Crippen molar-refractivity contribution in [2.24, 2.45) is 0 Å². The maximum absolute atomic E-state index is 13.0. The van der Waals surface area contributed by atoms with E-state index in [1.54, 1.807) is 0 Å². The Hall–Kier alpha value is -2.80. The largest absolute Gasteiger partial charge is 0.550 e. The first-order valence-corrected chi connectivity index (χ1v) is 7.76. The Morgan fingerprint density at radius 1 is 1.08 bits per heavy atom. The third-order valence-corrected chi connectivity index (χ3v) is 4.14. The number of benzene rings is 2. The first-order valence-electron chi connectivity index (χ1n) is 7.38. The van der Waals surface area contributed by atoms with Crippen LogP contribution in [0.3, 0.4) is 0 Å². The molecule has 2 aromatic carbocycles. The number of rotatable bonds is 4. The number of aromatic amines is 1. The van der Waals surface area contributed by atoms with Crippen molar-refractivity contribution in [3.8, 4) is 0 Å². The highest BCUT2D eigenvalue weighted by atomic mass is 35.5. The molecule has 0 saturated carbocycles. The number of fused-ring (bicyclic) bond motifs is 1. The van der Waals surface area contributed by atoms with E-state index >= 15 is 0 Å². The molecule has 0 radical (unpaired) electrons. The van der Waals surface area contributed by atoms with Crippen molar-refractivity contribution >= 4 is 34.3 Å². The lowest BCUT2D eigenvalue weighted by Gasteiger charge is -2.08. The van der Waals surface area contributed by atoms with Crippen LogP contribution in [-0.4, -0.2) is 16.7 Å². The quantitative estimate of drug-likeness (QED) is 0.705. The van der Waals surface area contributed by atoms with Crippen LogP contribution in [0, 0.1) is 0 Å².